The minimum absolute atomic E-state index is 0.283. The molecule has 0 aliphatic carbocycles. The minimum atomic E-state index is 0.283. The lowest BCUT2D eigenvalue weighted by Gasteiger charge is -2.30. The summed E-state index contributed by atoms with van der Waals surface area (Å²) in [6, 6.07) is 8.18. The zero-order valence-electron chi connectivity index (χ0n) is 22.7. The molecule has 0 saturated carbocycles. The Labute approximate surface area is 242 Å². The molecule has 1 saturated heterocycles. The van der Waals surface area contributed by atoms with Crippen LogP contribution in [0, 0.1) is 6.92 Å². The number of nitrogens with one attached hydrogen (secondary N) is 2. The second-order valence-electron chi connectivity index (χ2n) is 10.2. The Morgan fingerprint density at radius 1 is 1.12 bits per heavy atom. The number of halogens is 2. The third-order valence-electron chi connectivity index (χ3n) is 7.45. The molecule has 1 aliphatic rings. The summed E-state index contributed by atoms with van der Waals surface area (Å²) < 4.78 is 13.2. The summed E-state index contributed by atoms with van der Waals surface area (Å²) in [5.74, 6) is 1.48. The molecule has 2 N–H and O–H groups in total. The number of hydrogen-bond donors (Lipinski definition) is 2. The number of hydrogen-bond acceptors (Lipinski definition) is 7. The van der Waals surface area contributed by atoms with E-state index in [4.69, 9.17) is 42.8 Å². The Balaban J connectivity index is 1.38. The van der Waals surface area contributed by atoms with Crippen molar-refractivity contribution in [3.05, 3.63) is 63.9 Å². The third-order valence-corrected chi connectivity index (χ3v) is 7.98. The number of rotatable bonds is 8. The van der Waals surface area contributed by atoms with Crippen LogP contribution in [-0.4, -0.2) is 62.1 Å². The third kappa shape index (κ3) is 5.39. The summed E-state index contributed by atoms with van der Waals surface area (Å²) >= 11 is 12.8. The van der Waals surface area contributed by atoms with Gasteiger partial charge in [-0.3, -0.25) is 9.67 Å². The quantitative estimate of drug-likeness (QED) is 0.226. The summed E-state index contributed by atoms with van der Waals surface area (Å²) in [7, 11) is 1.65. The van der Waals surface area contributed by atoms with Crippen molar-refractivity contribution in [2.75, 3.05) is 20.3 Å². The maximum atomic E-state index is 6.75. The van der Waals surface area contributed by atoms with E-state index >= 15 is 0 Å². The molecule has 9 nitrogen and oxygen atoms in total. The number of aryl methyl sites for hydroxylation is 2. The van der Waals surface area contributed by atoms with E-state index in [1.54, 1.807) is 13.2 Å². The van der Waals surface area contributed by atoms with Crippen LogP contribution in [0.1, 0.15) is 36.8 Å². The number of imidazole rings is 1. The van der Waals surface area contributed by atoms with Crippen LogP contribution < -0.4 is 10.1 Å². The van der Waals surface area contributed by atoms with Crippen LogP contribution in [0.5, 0.6) is 5.75 Å². The highest BCUT2D eigenvalue weighted by Gasteiger charge is 2.22. The number of H-pyrrole nitrogens is 1. The van der Waals surface area contributed by atoms with Crippen molar-refractivity contribution >= 4 is 45.3 Å². The largest absolute Gasteiger partial charge is 0.496 e. The zero-order valence-corrected chi connectivity index (χ0v) is 24.2. The molecule has 0 bridgehead atoms. The van der Waals surface area contributed by atoms with E-state index in [1.165, 1.54) is 0 Å². The van der Waals surface area contributed by atoms with Crippen LogP contribution in [0.15, 0.2) is 36.7 Å². The fraction of sp³-hybridized carbons (Fsp3) is 0.379. The van der Waals surface area contributed by atoms with E-state index in [9.17, 15) is 0 Å². The Morgan fingerprint density at radius 3 is 2.80 bits per heavy atom. The molecule has 1 aliphatic heterocycles. The second kappa shape index (κ2) is 11.3. The van der Waals surface area contributed by atoms with Gasteiger partial charge in [-0.1, -0.05) is 30.1 Å². The number of aromatic amines is 1. The highest BCUT2D eigenvalue weighted by Crippen LogP contribution is 2.37. The number of morpholine rings is 1. The first-order valence-electron chi connectivity index (χ1n) is 13.5. The van der Waals surface area contributed by atoms with Crippen LogP contribution in [0.2, 0.25) is 10.2 Å². The van der Waals surface area contributed by atoms with Crippen LogP contribution in [0.4, 0.5) is 0 Å². The van der Waals surface area contributed by atoms with Crippen molar-refractivity contribution in [1.82, 2.24) is 35.0 Å². The van der Waals surface area contributed by atoms with Gasteiger partial charge in [0.1, 0.15) is 22.2 Å². The van der Waals surface area contributed by atoms with E-state index in [2.05, 4.69) is 27.2 Å². The molecule has 1 fully saturated rings. The van der Waals surface area contributed by atoms with Crippen molar-refractivity contribution in [2.24, 2.45) is 0 Å². The molecule has 0 amide bonds. The van der Waals surface area contributed by atoms with Gasteiger partial charge in [0.2, 0.25) is 0 Å². The van der Waals surface area contributed by atoms with Crippen molar-refractivity contribution in [3.8, 4) is 16.9 Å². The predicted molar refractivity (Wildman–Crippen MR) is 157 cm³/mol. The Morgan fingerprint density at radius 2 is 1.98 bits per heavy atom. The number of ether oxygens (including phenoxy) is 2. The molecule has 11 heteroatoms. The summed E-state index contributed by atoms with van der Waals surface area (Å²) in [6.07, 6.45) is 6.67. The van der Waals surface area contributed by atoms with E-state index in [-0.39, 0.29) is 6.04 Å². The lowest BCUT2D eigenvalue weighted by atomic mass is 9.99. The van der Waals surface area contributed by atoms with Crippen LogP contribution in [0.3, 0.4) is 0 Å². The summed E-state index contributed by atoms with van der Waals surface area (Å²) in [4.78, 5) is 17.1. The Hall–Kier alpha value is -3.24. The van der Waals surface area contributed by atoms with Gasteiger partial charge in [-0.05, 0) is 56.0 Å². The van der Waals surface area contributed by atoms with Gasteiger partial charge in [-0.25, -0.2) is 9.97 Å². The monoisotopic (exact) mass is 579 g/mol. The molecule has 2 atom stereocenters. The van der Waals surface area contributed by atoms with Crippen molar-refractivity contribution in [2.45, 2.75) is 51.7 Å². The molecule has 5 aromatic rings. The summed E-state index contributed by atoms with van der Waals surface area (Å²) in [5.41, 5.74) is 6.00. The molecule has 0 radical (unpaired) electrons. The molecule has 5 heterocycles. The van der Waals surface area contributed by atoms with E-state index in [1.807, 2.05) is 42.2 Å². The van der Waals surface area contributed by atoms with Gasteiger partial charge < -0.3 is 19.8 Å². The number of methoxy groups -OCH3 is 1. The maximum absolute atomic E-state index is 6.75. The van der Waals surface area contributed by atoms with Crippen molar-refractivity contribution in [1.29, 1.82) is 0 Å². The number of aromatic nitrogens is 6. The number of benzene rings is 1. The molecule has 2 unspecified atom stereocenters. The van der Waals surface area contributed by atoms with Gasteiger partial charge >= 0.3 is 0 Å². The van der Waals surface area contributed by atoms with E-state index in [0.717, 1.165) is 76.2 Å². The lowest BCUT2D eigenvalue weighted by Crippen LogP contribution is -2.48. The molecular formula is C29H31Cl2N7O2. The van der Waals surface area contributed by atoms with Crippen molar-refractivity contribution < 1.29 is 9.47 Å². The van der Waals surface area contributed by atoms with Crippen molar-refractivity contribution in [3.63, 3.8) is 0 Å². The molecule has 1 aromatic carbocycles. The van der Waals surface area contributed by atoms with Gasteiger partial charge in [0, 0.05) is 41.0 Å². The number of pyridine rings is 2. The predicted octanol–water partition coefficient (Wildman–Crippen LogP) is 5.74. The molecule has 40 heavy (non-hydrogen) atoms. The first-order valence-corrected chi connectivity index (χ1v) is 14.2. The van der Waals surface area contributed by atoms with E-state index < -0.39 is 0 Å². The average molecular weight is 581 g/mol. The van der Waals surface area contributed by atoms with E-state index in [0.29, 0.717) is 35.0 Å². The number of fused-ring (bicyclic) bond motifs is 2. The summed E-state index contributed by atoms with van der Waals surface area (Å²) in [6.45, 7) is 6.09. The highest BCUT2D eigenvalue weighted by molar-refractivity contribution is 6.34. The number of nitrogens with zero attached hydrogens (tertiary/aromatic N) is 5. The van der Waals surface area contributed by atoms with Gasteiger partial charge in [0.05, 0.1) is 43.1 Å². The zero-order chi connectivity index (χ0) is 27.8. The minimum Gasteiger partial charge on any atom is -0.496 e. The fourth-order valence-electron chi connectivity index (χ4n) is 5.32. The van der Waals surface area contributed by atoms with Crippen LogP contribution >= 0.6 is 23.2 Å². The van der Waals surface area contributed by atoms with Gasteiger partial charge in [0.15, 0.2) is 5.65 Å². The fourth-order valence-corrected chi connectivity index (χ4v) is 5.71. The second-order valence-corrected chi connectivity index (χ2v) is 11.0. The molecule has 6 rings (SSSR count). The van der Waals surface area contributed by atoms with Crippen LogP contribution in [-0.2, 0) is 17.7 Å². The smallest absolute Gasteiger partial charge is 0.179 e. The van der Waals surface area contributed by atoms with Gasteiger partial charge in [-0.15, -0.1) is 0 Å². The molecule has 0 spiro atoms. The van der Waals surface area contributed by atoms with Gasteiger partial charge in [0.25, 0.3) is 0 Å². The summed E-state index contributed by atoms with van der Waals surface area (Å²) in [5, 5.41) is 10.7. The Bertz CT molecular complexity index is 1680. The molecule has 4 aromatic heterocycles. The van der Waals surface area contributed by atoms with Gasteiger partial charge in [-0.2, -0.15) is 5.10 Å². The maximum Gasteiger partial charge on any atom is 0.179 e. The molecule has 208 valence electrons. The SMILES string of the molecule is CCC1COCC(CCc2ncc(-c3cc(C)c(OC)cc3Cl)c3cn(Cc4nc5nc(Cl)ccc5[nH]4)nc23)N1. The molecular weight excluding hydrogens is 549 g/mol. The lowest BCUT2D eigenvalue weighted by molar-refractivity contribution is 0.0421. The highest BCUT2D eigenvalue weighted by atomic mass is 35.5. The first-order chi connectivity index (χ1) is 19.4. The van der Waals surface area contributed by atoms with Crippen LogP contribution in [0.25, 0.3) is 33.2 Å². The average Bonchev–Trinajstić information content (AvgIpc) is 3.56. The standard InChI is InChI=1S/C29H31Cl2N7O2/c1-4-17-14-40-15-18(33-17)5-6-23-28-21(20(11-32-23)19-9-16(2)25(39-3)10-22(19)30)12-38(37-28)13-27-34-24-7-8-26(31)35-29(24)36-27/h7-12,17-18,33H,4-6,13-15H2,1-3H3,(H,34,35,36). The Kier molecular flexibility index (Phi) is 7.63. The first kappa shape index (κ1) is 27.0. The topological polar surface area (TPSA) is 103 Å². The normalized spacial score (nSPS) is 17.6.